The number of hydrogen-bond acceptors (Lipinski definition) is 4. The van der Waals surface area contributed by atoms with Crippen LogP contribution in [0.2, 0.25) is 0 Å². The van der Waals surface area contributed by atoms with E-state index in [-0.39, 0.29) is 5.60 Å². The zero-order valence-electron chi connectivity index (χ0n) is 16.6. The van der Waals surface area contributed by atoms with E-state index in [1.54, 1.807) is 0 Å². The molecule has 0 unspecified atom stereocenters. The van der Waals surface area contributed by atoms with E-state index in [9.17, 15) is 0 Å². The molecule has 0 N–H and O–H groups in total. The lowest BCUT2D eigenvalue weighted by atomic mass is 9.78. The molecular weight excluding hydrogens is 334 g/mol. The van der Waals surface area contributed by atoms with Gasteiger partial charge in [-0.25, -0.2) is 0 Å². The lowest BCUT2D eigenvalue weighted by Crippen LogP contribution is -2.48. The Balaban J connectivity index is 1.55. The van der Waals surface area contributed by atoms with Gasteiger partial charge >= 0.3 is 0 Å². The fourth-order valence-corrected chi connectivity index (χ4v) is 4.70. The average Bonchev–Trinajstić information content (AvgIpc) is 2.80. The maximum atomic E-state index is 6.73. The Bertz CT molecular complexity index is 738. The minimum Gasteiger partial charge on any atom is -0.486 e. The maximum Gasteiger partial charge on any atom is 0.124 e. The van der Waals surface area contributed by atoms with Gasteiger partial charge in [-0.2, -0.15) is 0 Å². The smallest absolute Gasteiger partial charge is 0.124 e. The van der Waals surface area contributed by atoms with Gasteiger partial charge in [-0.1, -0.05) is 24.3 Å². The van der Waals surface area contributed by atoms with Gasteiger partial charge in [-0.3, -0.25) is 9.88 Å². The monoisotopic (exact) mass is 365 g/mol. The summed E-state index contributed by atoms with van der Waals surface area (Å²) < 4.78 is 6.73. The SMILES string of the molecule is CN(C)CC1CCC2(CC1)CN(Cc1ccccn1)Cc1ccccc1O2. The Hall–Kier alpha value is -1.91. The highest BCUT2D eigenvalue weighted by atomic mass is 16.5. The van der Waals surface area contributed by atoms with Crippen LogP contribution in [0.1, 0.15) is 36.9 Å². The van der Waals surface area contributed by atoms with Crippen LogP contribution in [-0.2, 0) is 13.1 Å². The summed E-state index contributed by atoms with van der Waals surface area (Å²) in [5, 5.41) is 0. The second-order valence-electron chi connectivity index (χ2n) is 8.56. The summed E-state index contributed by atoms with van der Waals surface area (Å²) in [7, 11) is 4.36. The molecule has 2 aliphatic rings. The minimum absolute atomic E-state index is 0.0653. The van der Waals surface area contributed by atoms with Crippen LogP contribution in [0.25, 0.3) is 0 Å². The second-order valence-corrected chi connectivity index (χ2v) is 8.56. The molecule has 1 saturated carbocycles. The third-order valence-electron chi connectivity index (χ3n) is 5.96. The fraction of sp³-hybridized carbons (Fsp3) is 0.522. The van der Waals surface area contributed by atoms with Crippen LogP contribution in [0, 0.1) is 5.92 Å². The lowest BCUT2D eigenvalue weighted by molar-refractivity contribution is -0.0116. The van der Waals surface area contributed by atoms with Crippen LogP contribution in [-0.4, -0.2) is 47.6 Å². The van der Waals surface area contributed by atoms with Gasteiger partial charge in [0.1, 0.15) is 11.4 Å². The molecule has 4 heteroatoms. The van der Waals surface area contributed by atoms with Crippen LogP contribution in [0.3, 0.4) is 0 Å². The normalized spacial score (nSPS) is 25.8. The quantitative estimate of drug-likeness (QED) is 0.820. The molecule has 1 aromatic heterocycles. The second kappa shape index (κ2) is 7.99. The van der Waals surface area contributed by atoms with Gasteiger partial charge in [0.15, 0.2) is 0 Å². The van der Waals surface area contributed by atoms with E-state index in [1.165, 1.54) is 24.9 Å². The molecule has 0 radical (unpaired) electrons. The van der Waals surface area contributed by atoms with Gasteiger partial charge in [0, 0.05) is 37.9 Å². The molecule has 1 aromatic carbocycles. The highest BCUT2D eigenvalue weighted by molar-refractivity contribution is 5.35. The third-order valence-corrected chi connectivity index (χ3v) is 5.96. The summed E-state index contributed by atoms with van der Waals surface area (Å²) in [6.07, 6.45) is 6.66. The van der Waals surface area contributed by atoms with Crippen molar-refractivity contribution in [3.63, 3.8) is 0 Å². The standard InChI is InChI=1S/C23H31N3O/c1-25(2)15-19-10-12-23(13-11-19)18-26(17-21-8-5-6-14-24-21)16-20-7-3-4-9-22(20)27-23/h3-9,14,19H,10-13,15-18H2,1-2H3. The predicted octanol–water partition coefficient (Wildman–Crippen LogP) is 3.97. The van der Waals surface area contributed by atoms with E-state index in [0.29, 0.717) is 0 Å². The molecule has 1 aliphatic carbocycles. The number of benzene rings is 1. The number of ether oxygens (including phenoxy) is 1. The number of aromatic nitrogens is 1. The van der Waals surface area contributed by atoms with Crippen LogP contribution in [0.4, 0.5) is 0 Å². The molecule has 1 fully saturated rings. The molecule has 27 heavy (non-hydrogen) atoms. The Kier molecular flexibility index (Phi) is 5.46. The number of fused-ring (bicyclic) bond motifs is 1. The van der Waals surface area contributed by atoms with Gasteiger partial charge in [-0.05, 0) is 63.9 Å². The molecule has 0 saturated heterocycles. The Labute approximate surface area is 163 Å². The first-order valence-electron chi connectivity index (χ1n) is 10.2. The topological polar surface area (TPSA) is 28.6 Å². The van der Waals surface area contributed by atoms with Crippen molar-refractivity contribution in [2.24, 2.45) is 5.92 Å². The molecule has 2 heterocycles. The van der Waals surface area contributed by atoms with E-state index in [4.69, 9.17) is 4.74 Å². The molecule has 1 aliphatic heterocycles. The molecule has 0 bridgehead atoms. The summed E-state index contributed by atoms with van der Waals surface area (Å²) in [4.78, 5) is 9.40. The van der Waals surface area contributed by atoms with E-state index < -0.39 is 0 Å². The minimum atomic E-state index is -0.0653. The molecule has 2 aromatic rings. The van der Waals surface area contributed by atoms with Crippen molar-refractivity contribution in [3.8, 4) is 5.75 Å². The number of para-hydroxylation sites is 1. The summed E-state index contributed by atoms with van der Waals surface area (Å²) in [5.41, 5.74) is 2.36. The van der Waals surface area contributed by atoms with E-state index >= 15 is 0 Å². The number of hydrogen-bond donors (Lipinski definition) is 0. The zero-order chi connectivity index (χ0) is 18.7. The van der Waals surface area contributed by atoms with Crippen LogP contribution < -0.4 is 4.74 Å². The van der Waals surface area contributed by atoms with Crippen molar-refractivity contribution in [1.82, 2.24) is 14.8 Å². The van der Waals surface area contributed by atoms with Gasteiger partial charge < -0.3 is 9.64 Å². The van der Waals surface area contributed by atoms with Crippen molar-refractivity contribution in [2.75, 3.05) is 27.2 Å². The van der Waals surface area contributed by atoms with Gasteiger partial charge in [0.05, 0.1) is 5.69 Å². The van der Waals surface area contributed by atoms with E-state index in [2.05, 4.69) is 65.3 Å². The van der Waals surface area contributed by atoms with Gasteiger partial charge in [0.25, 0.3) is 0 Å². The first-order valence-corrected chi connectivity index (χ1v) is 10.2. The van der Waals surface area contributed by atoms with E-state index in [0.717, 1.165) is 49.8 Å². The Morgan fingerprint density at radius 3 is 2.63 bits per heavy atom. The Morgan fingerprint density at radius 2 is 1.89 bits per heavy atom. The first-order chi connectivity index (χ1) is 13.1. The molecule has 144 valence electrons. The van der Waals surface area contributed by atoms with Crippen molar-refractivity contribution >= 4 is 0 Å². The lowest BCUT2D eigenvalue weighted by Gasteiger charge is -2.42. The third kappa shape index (κ3) is 4.50. The molecule has 4 rings (SSSR count). The molecule has 4 nitrogen and oxygen atoms in total. The number of rotatable bonds is 4. The average molecular weight is 366 g/mol. The van der Waals surface area contributed by atoms with Crippen LogP contribution >= 0.6 is 0 Å². The van der Waals surface area contributed by atoms with Crippen molar-refractivity contribution < 1.29 is 4.74 Å². The highest BCUT2D eigenvalue weighted by Gasteiger charge is 2.41. The van der Waals surface area contributed by atoms with Crippen molar-refractivity contribution in [2.45, 2.75) is 44.4 Å². The molecule has 1 spiro atoms. The van der Waals surface area contributed by atoms with Crippen molar-refractivity contribution in [3.05, 3.63) is 59.9 Å². The van der Waals surface area contributed by atoms with Gasteiger partial charge in [-0.15, -0.1) is 0 Å². The summed E-state index contributed by atoms with van der Waals surface area (Å²) >= 11 is 0. The molecule has 0 atom stereocenters. The fourth-order valence-electron chi connectivity index (χ4n) is 4.70. The van der Waals surface area contributed by atoms with Crippen molar-refractivity contribution in [1.29, 1.82) is 0 Å². The molecule has 0 amide bonds. The summed E-state index contributed by atoms with van der Waals surface area (Å²) in [5.74, 6) is 1.86. The van der Waals surface area contributed by atoms with Gasteiger partial charge in [0.2, 0.25) is 0 Å². The predicted molar refractivity (Wildman–Crippen MR) is 109 cm³/mol. The summed E-state index contributed by atoms with van der Waals surface area (Å²) in [6.45, 7) is 3.97. The first kappa shape index (κ1) is 18.5. The summed E-state index contributed by atoms with van der Waals surface area (Å²) in [6, 6.07) is 14.7. The Morgan fingerprint density at radius 1 is 1.11 bits per heavy atom. The number of nitrogens with zero attached hydrogens (tertiary/aromatic N) is 3. The van der Waals surface area contributed by atoms with Crippen LogP contribution in [0.15, 0.2) is 48.7 Å². The van der Waals surface area contributed by atoms with Crippen LogP contribution in [0.5, 0.6) is 5.75 Å². The van der Waals surface area contributed by atoms with E-state index in [1.807, 2.05) is 12.3 Å². The highest BCUT2D eigenvalue weighted by Crippen LogP contribution is 2.40. The maximum absolute atomic E-state index is 6.73. The number of pyridine rings is 1. The zero-order valence-corrected chi connectivity index (χ0v) is 16.6. The molecular formula is C23H31N3O. The largest absolute Gasteiger partial charge is 0.486 e.